The molecule has 1 aliphatic rings. The summed E-state index contributed by atoms with van der Waals surface area (Å²) >= 11 is 0. The molecule has 0 radical (unpaired) electrons. The molecule has 1 amide bonds. The van der Waals surface area contributed by atoms with Crippen molar-refractivity contribution in [1.29, 1.82) is 0 Å². The van der Waals surface area contributed by atoms with Crippen molar-refractivity contribution in [3.63, 3.8) is 0 Å². The molecule has 1 atom stereocenters. The highest BCUT2D eigenvalue weighted by Crippen LogP contribution is 2.20. The van der Waals surface area contributed by atoms with Crippen molar-refractivity contribution in [3.8, 4) is 0 Å². The van der Waals surface area contributed by atoms with E-state index in [1.54, 1.807) is 0 Å². The smallest absolute Gasteiger partial charge is 0.349 e. The van der Waals surface area contributed by atoms with E-state index in [2.05, 4.69) is 5.32 Å². The summed E-state index contributed by atoms with van der Waals surface area (Å²) in [6.07, 6.45) is 1.76. The number of nitro benzene ring substituents is 1. The largest absolute Gasteiger partial charge is 0.422 e. The van der Waals surface area contributed by atoms with Gasteiger partial charge in [-0.05, 0) is 25.0 Å². The number of nitrogens with zero attached hydrogens (tertiary/aromatic N) is 1. The molecule has 23 heavy (non-hydrogen) atoms. The van der Waals surface area contributed by atoms with Gasteiger partial charge in [0.05, 0.1) is 11.0 Å². The van der Waals surface area contributed by atoms with Crippen LogP contribution in [0.15, 0.2) is 33.5 Å². The fourth-order valence-corrected chi connectivity index (χ4v) is 2.49. The lowest BCUT2D eigenvalue weighted by atomic mass is 10.1. The minimum Gasteiger partial charge on any atom is -0.422 e. The van der Waals surface area contributed by atoms with Crippen LogP contribution in [0.3, 0.4) is 0 Å². The summed E-state index contributed by atoms with van der Waals surface area (Å²) in [6.45, 7) is 0.980. The second-order valence-corrected chi connectivity index (χ2v) is 5.27. The molecule has 0 spiro atoms. The number of amides is 1. The van der Waals surface area contributed by atoms with E-state index in [1.165, 1.54) is 24.3 Å². The van der Waals surface area contributed by atoms with E-state index in [9.17, 15) is 19.7 Å². The van der Waals surface area contributed by atoms with Crippen molar-refractivity contribution in [3.05, 3.63) is 50.4 Å². The topological polar surface area (TPSA) is 112 Å². The first-order valence-electron chi connectivity index (χ1n) is 7.17. The Labute approximate surface area is 130 Å². The summed E-state index contributed by atoms with van der Waals surface area (Å²) in [5, 5.41) is 13.7. The summed E-state index contributed by atoms with van der Waals surface area (Å²) < 4.78 is 10.4. The maximum absolute atomic E-state index is 12.1. The minimum atomic E-state index is -0.781. The summed E-state index contributed by atoms with van der Waals surface area (Å²) in [5.74, 6) is -0.581. The van der Waals surface area contributed by atoms with Gasteiger partial charge in [0.1, 0.15) is 11.1 Å². The van der Waals surface area contributed by atoms with E-state index >= 15 is 0 Å². The first-order chi connectivity index (χ1) is 11.0. The van der Waals surface area contributed by atoms with Gasteiger partial charge in [0.15, 0.2) is 0 Å². The molecule has 1 fully saturated rings. The SMILES string of the molecule is O=C(NCC1CCCO1)c1cc2cc([N+](=O)[O-])ccc2oc1=O. The van der Waals surface area contributed by atoms with Gasteiger partial charge in [-0.15, -0.1) is 0 Å². The maximum atomic E-state index is 12.1. The molecule has 0 aliphatic carbocycles. The third-order valence-electron chi connectivity index (χ3n) is 3.69. The number of hydrogen-bond acceptors (Lipinski definition) is 6. The average Bonchev–Trinajstić information content (AvgIpc) is 3.04. The van der Waals surface area contributed by atoms with Gasteiger partial charge in [-0.3, -0.25) is 14.9 Å². The van der Waals surface area contributed by atoms with E-state index in [0.29, 0.717) is 18.5 Å². The van der Waals surface area contributed by atoms with Crippen molar-refractivity contribution < 1.29 is 18.9 Å². The molecule has 1 aromatic carbocycles. The Morgan fingerprint density at radius 3 is 2.91 bits per heavy atom. The molecule has 120 valence electrons. The number of non-ortho nitro benzene ring substituents is 1. The van der Waals surface area contributed by atoms with Crippen molar-refractivity contribution in [2.24, 2.45) is 0 Å². The molecule has 1 aliphatic heterocycles. The van der Waals surface area contributed by atoms with Crippen LogP contribution in [0.4, 0.5) is 5.69 Å². The van der Waals surface area contributed by atoms with Crippen molar-refractivity contribution >= 4 is 22.6 Å². The summed E-state index contributed by atoms with van der Waals surface area (Å²) in [5.41, 5.74) is -0.916. The zero-order chi connectivity index (χ0) is 16.4. The number of nitro groups is 1. The summed E-state index contributed by atoms with van der Waals surface area (Å²) in [7, 11) is 0. The standard InChI is InChI=1S/C15H14N2O6/c18-14(16-8-11-2-1-5-22-11)12-7-9-6-10(17(20)21)3-4-13(9)23-15(12)19/h3-4,6-7,11H,1-2,5,8H2,(H,16,18). The quantitative estimate of drug-likeness (QED) is 0.521. The Balaban J connectivity index is 1.86. The van der Waals surface area contributed by atoms with Gasteiger partial charge in [0.2, 0.25) is 0 Å². The maximum Gasteiger partial charge on any atom is 0.349 e. The van der Waals surface area contributed by atoms with Crippen LogP contribution in [0.1, 0.15) is 23.2 Å². The molecule has 2 heterocycles. The molecular weight excluding hydrogens is 304 g/mol. The van der Waals surface area contributed by atoms with Gasteiger partial charge in [-0.2, -0.15) is 0 Å². The number of carbonyl (C=O) groups is 1. The van der Waals surface area contributed by atoms with Crippen LogP contribution in [0, 0.1) is 10.1 Å². The molecule has 1 unspecified atom stereocenters. The lowest BCUT2D eigenvalue weighted by molar-refractivity contribution is -0.384. The summed E-state index contributed by atoms with van der Waals surface area (Å²) in [6, 6.07) is 5.14. The minimum absolute atomic E-state index is 0.0486. The molecule has 0 saturated carbocycles. The molecule has 1 N–H and O–H groups in total. The highest BCUT2D eigenvalue weighted by Gasteiger charge is 2.19. The molecule has 1 saturated heterocycles. The van der Waals surface area contributed by atoms with Gasteiger partial charge in [-0.25, -0.2) is 4.79 Å². The normalized spacial score (nSPS) is 17.3. The predicted octanol–water partition coefficient (Wildman–Crippen LogP) is 1.61. The van der Waals surface area contributed by atoms with E-state index in [0.717, 1.165) is 12.8 Å². The zero-order valence-electron chi connectivity index (χ0n) is 12.1. The third kappa shape index (κ3) is 3.21. The Kier molecular flexibility index (Phi) is 4.07. The molecule has 0 bridgehead atoms. The number of nitrogens with one attached hydrogen (secondary N) is 1. The molecule has 2 aromatic rings. The third-order valence-corrected chi connectivity index (χ3v) is 3.69. The van der Waals surface area contributed by atoms with Crippen LogP contribution in [-0.2, 0) is 4.74 Å². The van der Waals surface area contributed by atoms with Crippen LogP contribution >= 0.6 is 0 Å². The monoisotopic (exact) mass is 318 g/mol. The lowest BCUT2D eigenvalue weighted by Gasteiger charge is -2.10. The van der Waals surface area contributed by atoms with Crippen molar-refractivity contribution in [2.45, 2.75) is 18.9 Å². The first kappa shape index (κ1) is 15.2. The Hall–Kier alpha value is -2.74. The van der Waals surface area contributed by atoms with Gasteiger partial charge < -0.3 is 14.5 Å². The number of carbonyl (C=O) groups excluding carboxylic acids is 1. The summed E-state index contributed by atoms with van der Waals surface area (Å²) in [4.78, 5) is 34.3. The second-order valence-electron chi connectivity index (χ2n) is 5.27. The molecule has 3 rings (SSSR count). The van der Waals surface area contributed by atoms with Crippen LogP contribution in [0.2, 0.25) is 0 Å². The molecule has 8 heteroatoms. The van der Waals surface area contributed by atoms with Crippen LogP contribution < -0.4 is 10.9 Å². The van der Waals surface area contributed by atoms with Gasteiger partial charge >= 0.3 is 5.63 Å². The Morgan fingerprint density at radius 2 is 2.22 bits per heavy atom. The van der Waals surface area contributed by atoms with Crippen molar-refractivity contribution in [1.82, 2.24) is 5.32 Å². The highest BCUT2D eigenvalue weighted by molar-refractivity contribution is 5.96. The predicted molar refractivity (Wildman–Crippen MR) is 80.4 cm³/mol. The molecule has 1 aromatic heterocycles. The van der Waals surface area contributed by atoms with Gasteiger partial charge in [0.25, 0.3) is 11.6 Å². The fourth-order valence-electron chi connectivity index (χ4n) is 2.49. The fraction of sp³-hybridized carbons (Fsp3) is 0.333. The highest BCUT2D eigenvalue weighted by atomic mass is 16.6. The van der Waals surface area contributed by atoms with Crippen molar-refractivity contribution in [2.75, 3.05) is 13.2 Å². The van der Waals surface area contributed by atoms with Crippen LogP contribution in [0.25, 0.3) is 11.0 Å². The van der Waals surface area contributed by atoms with E-state index in [1.807, 2.05) is 0 Å². The van der Waals surface area contributed by atoms with Crippen LogP contribution in [0.5, 0.6) is 0 Å². The van der Waals surface area contributed by atoms with E-state index in [-0.39, 0.29) is 22.9 Å². The second kappa shape index (κ2) is 6.17. The number of ether oxygens (including phenoxy) is 1. The number of rotatable bonds is 4. The zero-order valence-corrected chi connectivity index (χ0v) is 12.1. The van der Waals surface area contributed by atoms with E-state index < -0.39 is 16.5 Å². The number of hydrogen-bond donors (Lipinski definition) is 1. The average molecular weight is 318 g/mol. The number of fused-ring (bicyclic) bond motifs is 1. The Bertz CT molecular complexity index is 822. The van der Waals surface area contributed by atoms with Crippen LogP contribution in [-0.4, -0.2) is 30.1 Å². The van der Waals surface area contributed by atoms with Gasteiger partial charge in [-0.1, -0.05) is 0 Å². The molecule has 8 nitrogen and oxygen atoms in total. The number of benzene rings is 1. The van der Waals surface area contributed by atoms with Gasteiger partial charge in [0, 0.05) is 30.7 Å². The molecular formula is C15H14N2O6. The van der Waals surface area contributed by atoms with E-state index in [4.69, 9.17) is 9.15 Å². The lowest BCUT2D eigenvalue weighted by Crippen LogP contribution is -2.34. The Morgan fingerprint density at radius 1 is 1.39 bits per heavy atom. The first-order valence-corrected chi connectivity index (χ1v) is 7.17.